The second-order valence-electron chi connectivity index (χ2n) is 11.7. The summed E-state index contributed by atoms with van der Waals surface area (Å²) in [7, 11) is 0. The van der Waals surface area contributed by atoms with Crippen LogP contribution in [0.2, 0.25) is 0 Å². The first-order chi connectivity index (χ1) is 18.7. The van der Waals surface area contributed by atoms with Gasteiger partial charge in [0.25, 0.3) is 0 Å². The average molecular weight is 561 g/mol. The first kappa shape index (κ1) is 31.6. The first-order valence-corrected chi connectivity index (χ1v) is 14.1. The number of carbonyl (C=O) groups excluding carboxylic acids is 4. The van der Waals surface area contributed by atoms with Crippen LogP contribution in [0.4, 0.5) is 0 Å². The summed E-state index contributed by atoms with van der Waals surface area (Å²) >= 11 is 0. The lowest BCUT2D eigenvalue weighted by Gasteiger charge is -2.61. The van der Waals surface area contributed by atoms with Crippen LogP contribution in [0.25, 0.3) is 0 Å². The fraction of sp³-hybridized carbons (Fsp3) is 0.677. The average Bonchev–Trinajstić information content (AvgIpc) is 3.16. The molecule has 0 aromatic rings. The Morgan fingerprint density at radius 1 is 1.07 bits per heavy atom. The number of carbonyl (C=O) groups is 4. The van der Waals surface area contributed by atoms with E-state index in [9.17, 15) is 19.2 Å². The molecule has 0 amide bonds. The summed E-state index contributed by atoms with van der Waals surface area (Å²) in [5, 5.41) is 0. The van der Waals surface area contributed by atoms with Crippen molar-refractivity contribution in [2.45, 2.75) is 105 Å². The van der Waals surface area contributed by atoms with Crippen molar-refractivity contribution >= 4 is 23.9 Å². The van der Waals surface area contributed by atoms with Crippen molar-refractivity contribution in [1.82, 2.24) is 0 Å². The van der Waals surface area contributed by atoms with Gasteiger partial charge in [-0.25, -0.2) is 0 Å². The zero-order chi connectivity index (χ0) is 30.0. The Balaban J connectivity index is 2.28. The van der Waals surface area contributed by atoms with Crippen LogP contribution in [-0.4, -0.2) is 48.7 Å². The van der Waals surface area contributed by atoms with Gasteiger partial charge in [-0.2, -0.15) is 0 Å². The van der Waals surface area contributed by atoms with Crippen molar-refractivity contribution in [3.05, 3.63) is 36.5 Å². The summed E-state index contributed by atoms with van der Waals surface area (Å²) in [4.78, 5) is 49.9. The highest BCUT2D eigenvalue weighted by atomic mass is 16.8. The summed E-state index contributed by atoms with van der Waals surface area (Å²) in [6.45, 7) is 19.8. The third-order valence-electron chi connectivity index (χ3n) is 9.23. The van der Waals surface area contributed by atoms with Crippen LogP contribution < -0.4 is 0 Å². The molecule has 1 saturated heterocycles. The third-order valence-corrected chi connectivity index (χ3v) is 9.23. The molecule has 222 valence electrons. The lowest BCUT2D eigenvalue weighted by atomic mass is 9.45. The zero-order valence-corrected chi connectivity index (χ0v) is 24.8. The Kier molecular flexibility index (Phi) is 9.70. The predicted octanol–water partition coefficient (Wildman–Crippen LogP) is 5.19. The topological polar surface area (TPSA) is 114 Å². The number of esters is 4. The lowest BCUT2D eigenvalue weighted by molar-refractivity contribution is -0.257. The molecule has 40 heavy (non-hydrogen) atoms. The molecule has 1 unspecified atom stereocenters. The van der Waals surface area contributed by atoms with Gasteiger partial charge in [0, 0.05) is 26.3 Å². The van der Waals surface area contributed by atoms with Gasteiger partial charge in [-0.05, 0) is 55.4 Å². The highest BCUT2D eigenvalue weighted by molar-refractivity contribution is 5.72. The normalized spacial score (nSPS) is 35.2. The summed E-state index contributed by atoms with van der Waals surface area (Å²) < 4.78 is 29.5. The molecular formula is C31H44O9. The van der Waals surface area contributed by atoms with Gasteiger partial charge in [-0.3, -0.25) is 23.9 Å². The molecule has 1 spiro atoms. The van der Waals surface area contributed by atoms with Crippen molar-refractivity contribution < 1.29 is 42.9 Å². The quantitative estimate of drug-likeness (QED) is 0.154. The van der Waals surface area contributed by atoms with Crippen LogP contribution in [0, 0.1) is 28.6 Å². The van der Waals surface area contributed by atoms with E-state index in [1.165, 1.54) is 20.8 Å². The van der Waals surface area contributed by atoms with Crippen LogP contribution in [0.5, 0.6) is 0 Å². The van der Waals surface area contributed by atoms with E-state index < -0.39 is 53.5 Å². The minimum absolute atomic E-state index is 0.0427. The number of ether oxygens (including phenoxy) is 5. The standard InChI is InChI=1S/C31H44O9/c1-10-17(3)12-13-30(9)19(5)14-26(36-20(6)32)31-24(28(37-21(7)33)40-29(31)38-22(8)34)15-23(16-25(30)31)39-27(35)18(4)11-2/h10,15,18-19,23,25-26,28-29H,1,3,11-14,16H2,2,4-9H3/t18?,19-,23+,25+,26+,28+,29-,30-,31+/m0/s1. The summed E-state index contributed by atoms with van der Waals surface area (Å²) in [6, 6.07) is 0. The van der Waals surface area contributed by atoms with Crippen molar-refractivity contribution in [1.29, 1.82) is 0 Å². The summed E-state index contributed by atoms with van der Waals surface area (Å²) in [6.07, 6.45) is 2.47. The van der Waals surface area contributed by atoms with Crippen LogP contribution in [0.3, 0.4) is 0 Å². The van der Waals surface area contributed by atoms with E-state index in [2.05, 4.69) is 27.0 Å². The summed E-state index contributed by atoms with van der Waals surface area (Å²) in [5.74, 6) is -2.63. The number of hydrogen-bond donors (Lipinski definition) is 0. The first-order valence-electron chi connectivity index (χ1n) is 14.1. The SMILES string of the molecule is C=CC(=C)CC[C@]1(C)[C@H]2C[C@H](OC(=O)C(C)CC)C=C3[C@H](OC(C)=O)O[C@H](OC(C)=O)[C@]32[C@H](OC(C)=O)C[C@@H]1C. The smallest absolute Gasteiger partial charge is 0.309 e. The summed E-state index contributed by atoms with van der Waals surface area (Å²) in [5.41, 5.74) is -0.240. The Hall–Kier alpha value is -2.94. The van der Waals surface area contributed by atoms with E-state index in [-0.39, 0.29) is 23.7 Å². The molecule has 3 rings (SSSR count). The Morgan fingerprint density at radius 3 is 2.25 bits per heavy atom. The molecule has 9 nitrogen and oxygen atoms in total. The van der Waals surface area contributed by atoms with Crippen molar-refractivity contribution in [2.24, 2.45) is 28.6 Å². The monoisotopic (exact) mass is 560 g/mol. The van der Waals surface area contributed by atoms with Crippen molar-refractivity contribution in [2.75, 3.05) is 0 Å². The molecule has 0 bridgehead atoms. The fourth-order valence-corrected chi connectivity index (χ4v) is 6.76. The van der Waals surface area contributed by atoms with Gasteiger partial charge in [0.05, 0.1) is 5.92 Å². The van der Waals surface area contributed by atoms with Crippen LogP contribution in [-0.2, 0) is 42.9 Å². The molecule has 1 aliphatic heterocycles. The van der Waals surface area contributed by atoms with Gasteiger partial charge < -0.3 is 18.9 Å². The van der Waals surface area contributed by atoms with Gasteiger partial charge >= 0.3 is 23.9 Å². The van der Waals surface area contributed by atoms with Gasteiger partial charge in [-0.1, -0.05) is 52.5 Å². The van der Waals surface area contributed by atoms with E-state index in [1.807, 2.05) is 13.8 Å². The predicted molar refractivity (Wildman–Crippen MR) is 146 cm³/mol. The van der Waals surface area contributed by atoms with E-state index in [0.717, 1.165) is 5.57 Å². The molecule has 1 heterocycles. The van der Waals surface area contributed by atoms with Crippen molar-refractivity contribution in [3.8, 4) is 0 Å². The van der Waals surface area contributed by atoms with Gasteiger partial charge in [-0.15, -0.1) is 0 Å². The molecule has 9 atom stereocenters. The van der Waals surface area contributed by atoms with Crippen molar-refractivity contribution in [3.63, 3.8) is 0 Å². The Morgan fingerprint density at radius 2 is 1.70 bits per heavy atom. The maximum Gasteiger partial charge on any atom is 0.309 e. The van der Waals surface area contributed by atoms with E-state index in [0.29, 0.717) is 37.7 Å². The lowest BCUT2D eigenvalue weighted by Crippen LogP contribution is -2.64. The van der Waals surface area contributed by atoms with Crippen LogP contribution in [0.1, 0.15) is 80.6 Å². The second kappa shape index (κ2) is 12.3. The second-order valence-corrected chi connectivity index (χ2v) is 11.7. The molecule has 2 fully saturated rings. The molecule has 0 N–H and O–H groups in total. The molecular weight excluding hydrogens is 516 g/mol. The fourth-order valence-electron chi connectivity index (χ4n) is 6.76. The largest absolute Gasteiger partial charge is 0.461 e. The molecule has 1 saturated carbocycles. The highest BCUT2D eigenvalue weighted by Gasteiger charge is 2.72. The van der Waals surface area contributed by atoms with Gasteiger partial charge in [0.1, 0.15) is 17.6 Å². The minimum Gasteiger partial charge on any atom is -0.461 e. The maximum atomic E-state index is 12.9. The third kappa shape index (κ3) is 5.90. The molecule has 0 aromatic heterocycles. The minimum atomic E-state index is -1.21. The van der Waals surface area contributed by atoms with Crippen LogP contribution >= 0.6 is 0 Å². The van der Waals surface area contributed by atoms with E-state index >= 15 is 0 Å². The molecule has 0 aromatic carbocycles. The molecule has 0 radical (unpaired) electrons. The Bertz CT molecular complexity index is 1080. The maximum absolute atomic E-state index is 12.9. The van der Waals surface area contributed by atoms with Crippen LogP contribution in [0.15, 0.2) is 36.5 Å². The highest BCUT2D eigenvalue weighted by Crippen LogP contribution is 2.68. The Labute approximate surface area is 237 Å². The van der Waals surface area contributed by atoms with E-state index in [4.69, 9.17) is 23.7 Å². The molecule has 3 aliphatic rings. The van der Waals surface area contributed by atoms with E-state index in [1.54, 1.807) is 12.2 Å². The number of hydrogen-bond acceptors (Lipinski definition) is 9. The van der Waals surface area contributed by atoms with Gasteiger partial charge in [0.15, 0.2) is 0 Å². The number of allylic oxidation sites excluding steroid dienone is 2. The molecule has 9 heteroatoms. The molecule has 2 aliphatic carbocycles. The number of rotatable bonds is 10. The zero-order valence-electron chi connectivity index (χ0n) is 24.8. The van der Waals surface area contributed by atoms with Gasteiger partial charge in [0.2, 0.25) is 12.6 Å².